The van der Waals surface area contributed by atoms with Gasteiger partial charge in [0.2, 0.25) is 5.91 Å². The number of fused-ring (bicyclic) bond motifs is 1. The summed E-state index contributed by atoms with van der Waals surface area (Å²) in [5.41, 5.74) is 4.91. The minimum atomic E-state index is 0.200. The molecule has 5 nitrogen and oxygen atoms in total. The normalized spacial score (nSPS) is 21.7. The van der Waals surface area contributed by atoms with Gasteiger partial charge in [0.15, 0.2) is 0 Å². The topological polar surface area (TPSA) is 61.0 Å². The first-order chi connectivity index (χ1) is 11.3. The zero-order valence-corrected chi connectivity index (χ0v) is 13.2. The van der Waals surface area contributed by atoms with Crippen LogP contribution in [-0.2, 0) is 17.6 Å². The maximum absolute atomic E-state index is 11.4. The lowest BCUT2D eigenvalue weighted by Crippen LogP contribution is -2.32. The third kappa shape index (κ3) is 3.01. The van der Waals surface area contributed by atoms with Gasteiger partial charge in [-0.1, -0.05) is 30.3 Å². The second kappa shape index (κ2) is 6.16. The molecule has 1 amide bonds. The van der Waals surface area contributed by atoms with Crippen LogP contribution in [-0.4, -0.2) is 47.2 Å². The number of carbonyl (C=O) groups excluding carboxylic acids is 1. The minimum absolute atomic E-state index is 0.200. The fraction of sp³-hybridized carbons (Fsp3) is 0.444. The van der Waals surface area contributed by atoms with Crippen LogP contribution >= 0.6 is 0 Å². The standard InChI is InChI=1S/C18H22N4O/c23-17-10-13(11-19-17)12-22-8-6-15-16(7-9-22)20-21-18(15)14-4-2-1-3-5-14/h1-5,13H,6-12H2,(H,19,23)(H,20,21). The van der Waals surface area contributed by atoms with Crippen LogP contribution in [0.25, 0.3) is 11.3 Å². The lowest BCUT2D eigenvalue weighted by atomic mass is 10.0. The molecule has 1 aromatic heterocycles. The van der Waals surface area contributed by atoms with E-state index in [-0.39, 0.29) is 5.91 Å². The van der Waals surface area contributed by atoms with Crippen LogP contribution in [0.1, 0.15) is 17.7 Å². The van der Waals surface area contributed by atoms with E-state index < -0.39 is 0 Å². The van der Waals surface area contributed by atoms with Gasteiger partial charge >= 0.3 is 0 Å². The van der Waals surface area contributed by atoms with Crippen molar-refractivity contribution in [1.82, 2.24) is 20.4 Å². The molecule has 5 heteroatoms. The Morgan fingerprint density at radius 1 is 1.17 bits per heavy atom. The number of aromatic nitrogens is 2. The number of benzene rings is 1. The van der Waals surface area contributed by atoms with Crippen LogP contribution in [0, 0.1) is 5.92 Å². The van der Waals surface area contributed by atoms with Gasteiger partial charge in [-0.25, -0.2) is 0 Å². The number of nitrogens with zero attached hydrogens (tertiary/aromatic N) is 2. The van der Waals surface area contributed by atoms with E-state index in [1.54, 1.807) is 0 Å². The van der Waals surface area contributed by atoms with Crippen molar-refractivity contribution in [2.75, 3.05) is 26.2 Å². The molecule has 1 saturated heterocycles. The Labute approximate surface area is 136 Å². The summed E-state index contributed by atoms with van der Waals surface area (Å²) in [6.45, 7) is 3.92. The van der Waals surface area contributed by atoms with E-state index in [4.69, 9.17) is 0 Å². The second-order valence-electron chi connectivity index (χ2n) is 6.57. The van der Waals surface area contributed by atoms with Gasteiger partial charge in [0.25, 0.3) is 0 Å². The van der Waals surface area contributed by atoms with E-state index in [2.05, 4.69) is 44.7 Å². The van der Waals surface area contributed by atoms with Crippen LogP contribution in [0.4, 0.5) is 0 Å². The molecule has 23 heavy (non-hydrogen) atoms. The fourth-order valence-corrected chi connectivity index (χ4v) is 3.71. The third-order valence-electron chi connectivity index (χ3n) is 4.93. The molecule has 2 aliphatic heterocycles. The fourth-order valence-electron chi connectivity index (χ4n) is 3.71. The highest BCUT2D eigenvalue weighted by Crippen LogP contribution is 2.26. The van der Waals surface area contributed by atoms with E-state index in [1.807, 2.05) is 6.07 Å². The van der Waals surface area contributed by atoms with Crippen molar-refractivity contribution in [2.24, 2.45) is 5.92 Å². The van der Waals surface area contributed by atoms with Gasteiger partial charge in [-0.3, -0.25) is 9.89 Å². The summed E-state index contributed by atoms with van der Waals surface area (Å²) >= 11 is 0. The van der Waals surface area contributed by atoms with Gasteiger partial charge in [-0.2, -0.15) is 5.10 Å². The zero-order chi connectivity index (χ0) is 15.6. The number of hydrogen-bond donors (Lipinski definition) is 2. The lowest BCUT2D eigenvalue weighted by molar-refractivity contribution is -0.119. The smallest absolute Gasteiger partial charge is 0.220 e. The van der Waals surface area contributed by atoms with Crippen molar-refractivity contribution in [2.45, 2.75) is 19.3 Å². The van der Waals surface area contributed by atoms with E-state index in [1.165, 1.54) is 16.8 Å². The Morgan fingerprint density at radius 3 is 2.78 bits per heavy atom. The van der Waals surface area contributed by atoms with Crippen LogP contribution in [0.5, 0.6) is 0 Å². The Kier molecular flexibility index (Phi) is 3.87. The Bertz CT molecular complexity index is 694. The number of rotatable bonds is 3. The SMILES string of the molecule is O=C1CC(CN2CCc3[nH]nc(-c4ccccc4)c3CC2)CN1. The number of carbonyl (C=O) groups is 1. The summed E-state index contributed by atoms with van der Waals surface area (Å²) in [7, 11) is 0. The molecule has 4 rings (SSSR count). The first kappa shape index (κ1) is 14.5. The molecule has 1 fully saturated rings. The maximum atomic E-state index is 11.4. The molecular weight excluding hydrogens is 288 g/mol. The molecule has 0 radical (unpaired) electrons. The summed E-state index contributed by atoms with van der Waals surface area (Å²) in [4.78, 5) is 13.9. The van der Waals surface area contributed by atoms with Crippen molar-refractivity contribution in [3.05, 3.63) is 41.6 Å². The van der Waals surface area contributed by atoms with Crippen LogP contribution < -0.4 is 5.32 Å². The van der Waals surface area contributed by atoms with Crippen molar-refractivity contribution in [3.63, 3.8) is 0 Å². The molecule has 1 atom stereocenters. The largest absolute Gasteiger partial charge is 0.356 e. The average molecular weight is 310 g/mol. The molecule has 2 aliphatic rings. The lowest BCUT2D eigenvalue weighted by Gasteiger charge is -2.22. The van der Waals surface area contributed by atoms with E-state index in [0.717, 1.165) is 44.7 Å². The van der Waals surface area contributed by atoms with E-state index >= 15 is 0 Å². The highest BCUT2D eigenvalue weighted by molar-refractivity contribution is 5.78. The Balaban J connectivity index is 1.47. The van der Waals surface area contributed by atoms with Gasteiger partial charge in [0.05, 0.1) is 5.69 Å². The molecule has 3 heterocycles. The molecule has 1 aromatic carbocycles. The van der Waals surface area contributed by atoms with Crippen LogP contribution in [0.3, 0.4) is 0 Å². The van der Waals surface area contributed by atoms with Gasteiger partial charge in [-0.15, -0.1) is 0 Å². The predicted molar refractivity (Wildman–Crippen MR) is 89.0 cm³/mol. The summed E-state index contributed by atoms with van der Waals surface area (Å²) in [6, 6.07) is 10.4. The number of H-pyrrole nitrogens is 1. The van der Waals surface area contributed by atoms with Crippen molar-refractivity contribution < 1.29 is 4.79 Å². The van der Waals surface area contributed by atoms with Gasteiger partial charge in [-0.05, 0) is 12.3 Å². The molecule has 120 valence electrons. The molecule has 0 spiro atoms. The zero-order valence-electron chi connectivity index (χ0n) is 13.2. The van der Waals surface area contributed by atoms with E-state index in [0.29, 0.717) is 12.3 Å². The molecule has 0 bridgehead atoms. The molecule has 0 aliphatic carbocycles. The quantitative estimate of drug-likeness (QED) is 0.905. The molecule has 0 saturated carbocycles. The Morgan fingerprint density at radius 2 is 2.00 bits per heavy atom. The third-order valence-corrected chi connectivity index (χ3v) is 4.93. The van der Waals surface area contributed by atoms with Gasteiger partial charge < -0.3 is 10.2 Å². The Hall–Kier alpha value is -2.14. The van der Waals surface area contributed by atoms with Crippen molar-refractivity contribution in [1.29, 1.82) is 0 Å². The van der Waals surface area contributed by atoms with Crippen LogP contribution in [0.2, 0.25) is 0 Å². The number of nitrogens with one attached hydrogen (secondary N) is 2. The van der Waals surface area contributed by atoms with Gasteiger partial charge in [0, 0.05) is 55.8 Å². The first-order valence-corrected chi connectivity index (χ1v) is 8.40. The summed E-state index contributed by atoms with van der Waals surface area (Å²) in [5, 5.41) is 10.7. The summed E-state index contributed by atoms with van der Waals surface area (Å²) in [5.74, 6) is 0.663. The highest BCUT2D eigenvalue weighted by Gasteiger charge is 2.26. The average Bonchev–Trinajstić information content (AvgIpc) is 3.11. The number of amides is 1. The summed E-state index contributed by atoms with van der Waals surface area (Å²) < 4.78 is 0. The molecule has 2 aromatic rings. The van der Waals surface area contributed by atoms with Gasteiger partial charge in [0.1, 0.15) is 0 Å². The first-order valence-electron chi connectivity index (χ1n) is 8.40. The molecule has 2 N–H and O–H groups in total. The predicted octanol–water partition coefficient (Wildman–Crippen LogP) is 1.61. The second-order valence-corrected chi connectivity index (χ2v) is 6.57. The number of hydrogen-bond acceptors (Lipinski definition) is 3. The molecule has 1 unspecified atom stereocenters. The highest BCUT2D eigenvalue weighted by atomic mass is 16.1. The minimum Gasteiger partial charge on any atom is -0.356 e. The van der Waals surface area contributed by atoms with E-state index in [9.17, 15) is 4.79 Å². The maximum Gasteiger partial charge on any atom is 0.220 e. The van der Waals surface area contributed by atoms with Crippen molar-refractivity contribution >= 4 is 5.91 Å². The monoisotopic (exact) mass is 310 g/mol. The molecular formula is C18H22N4O. The number of aromatic amines is 1. The summed E-state index contributed by atoms with van der Waals surface area (Å²) in [6.07, 6.45) is 2.70. The van der Waals surface area contributed by atoms with Crippen molar-refractivity contribution in [3.8, 4) is 11.3 Å². The van der Waals surface area contributed by atoms with Crippen LogP contribution in [0.15, 0.2) is 30.3 Å².